The van der Waals surface area contributed by atoms with E-state index in [0.29, 0.717) is 0 Å². The van der Waals surface area contributed by atoms with Crippen molar-refractivity contribution in [3.05, 3.63) is 35.4 Å². The molecule has 2 nitrogen and oxygen atoms in total. The molecule has 0 aromatic heterocycles. The number of halogens is 2. The van der Waals surface area contributed by atoms with E-state index in [-0.39, 0.29) is 12.2 Å². The Labute approximate surface area is 86.9 Å². The first-order chi connectivity index (χ1) is 7.06. The Balaban J connectivity index is 2.91. The molecule has 0 amide bonds. The van der Waals surface area contributed by atoms with Gasteiger partial charge in [0.1, 0.15) is 11.6 Å². The molecule has 0 spiro atoms. The molecule has 0 fully saturated rings. The summed E-state index contributed by atoms with van der Waals surface area (Å²) in [5.41, 5.74) is 0.148. The third kappa shape index (κ3) is 2.75. The van der Waals surface area contributed by atoms with Gasteiger partial charge in [0.05, 0.1) is 12.5 Å². The molecular weight excluding hydrogens is 202 g/mol. The molecular formula is C11H12F2O2. The molecule has 1 aromatic carbocycles. The minimum atomic E-state index is -0.726. The molecule has 0 saturated carbocycles. The van der Waals surface area contributed by atoms with Gasteiger partial charge in [-0.25, -0.2) is 8.78 Å². The first-order valence-electron chi connectivity index (χ1n) is 4.67. The van der Waals surface area contributed by atoms with Gasteiger partial charge in [0.25, 0.3) is 0 Å². The van der Waals surface area contributed by atoms with E-state index >= 15 is 0 Å². The van der Waals surface area contributed by atoms with Crippen molar-refractivity contribution in [1.82, 2.24) is 0 Å². The summed E-state index contributed by atoms with van der Waals surface area (Å²) in [5.74, 6) is -2.61. The van der Waals surface area contributed by atoms with Gasteiger partial charge in [-0.15, -0.1) is 0 Å². The predicted molar refractivity (Wildman–Crippen MR) is 51.4 cm³/mol. The van der Waals surface area contributed by atoms with E-state index in [1.807, 2.05) is 0 Å². The molecule has 0 radical (unpaired) electrons. The number of ether oxygens (including phenoxy) is 1. The zero-order valence-corrected chi connectivity index (χ0v) is 8.59. The number of benzene rings is 1. The van der Waals surface area contributed by atoms with Gasteiger partial charge in [-0.2, -0.15) is 0 Å². The molecule has 4 heteroatoms. The summed E-state index contributed by atoms with van der Waals surface area (Å²) < 4.78 is 30.6. The first kappa shape index (κ1) is 11.6. The van der Waals surface area contributed by atoms with Crippen LogP contribution >= 0.6 is 0 Å². The van der Waals surface area contributed by atoms with Crippen molar-refractivity contribution < 1.29 is 18.3 Å². The van der Waals surface area contributed by atoms with Crippen LogP contribution in [0.5, 0.6) is 0 Å². The van der Waals surface area contributed by atoms with Crippen molar-refractivity contribution in [1.29, 1.82) is 0 Å². The number of carbonyl (C=O) groups is 1. The average molecular weight is 214 g/mol. The van der Waals surface area contributed by atoms with Crippen LogP contribution in [0.25, 0.3) is 0 Å². The zero-order valence-electron chi connectivity index (χ0n) is 8.59. The largest absolute Gasteiger partial charge is 0.466 e. The van der Waals surface area contributed by atoms with Gasteiger partial charge in [0, 0.05) is 11.6 Å². The van der Waals surface area contributed by atoms with Gasteiger partial charge in [-0.3, -0.25) is 4.79 Å². The molecule has 0 heterocycles. The van der Waals surface area contributed by atoms with Gasteiger partial charge in [0.2, 0.25) is 0 Å². The van der Waals surface area contributed by atoms with Gasteiger partial charge in [-0.1, -0.05) is 6.07 Å². The van der Waals surface area contributed by atoms with Crippen molar-refractivity contribution in [2.75, 3.05) is 6.61 Å². The Morgan fingerprint density at radius 1 is 1.47 bits per heavy atom. The number of esters is 1. The van der Waals surface area contributed by atoms with Crippen LogP contribution in [0.2, 0.25) is 0 Å². The molecule has 0 aliphatic carbocycles. The van der Waals surface area contributed by atoms with Crippen LogP contribution in [0.3, 0.4) is 0 Å². The molecule has 1 atom stereocenters. The van der Waals surface area contributed by atoms with E-state index in [9.17, 15) is 13.6 Å². The Bertz CT molecular complexity index is 364. The van der Waals surface area contributed by atoms with Crippen molar-refractivity contribution in [2.45, 2.75) is 19.8 Å². The van der Waals surface area contributed by atoms with Crippen LogP contribution in [0.4, 0.5) is 8.78 Å². The van der Waals surface area contributed by atoms with Crippen LogP contribution < -0.4 is 0 Å². The van der Waals surface area contributed by atoms with Crippen molar-refractivity contribution in [3.63, 3.8) is 0 Å². The molecule has 82 valence electrons. The fraction of sp³-hybridized carbons (Fsp3) is 0.364. The summed E-state index contributed by atoms with van der Waals surface area (Å²) >= 11 is 0. The van der Waals surface area contributed by atoms with Gasteiger partial charge >= 0.3 is 5.97 Å². The Morgan fingerprint density at radius 2 is 2.13 bits per heavy atom. The summed E-state index contributed by atoms with van der Waals surface area (Å²) in [7, 11) is 0. The number of hydrogen-bond donors (Lipinski definition) is 0. The predicted octanol–water partition coefficient (Wildman–Crippen LogP) is 2.63. The van der Waals surface area contributed by atoms with E-state index in [1.165, 1.54) is 13.0 Å². The molecule has 15 heavy (non-hydrogen) atoms. The normalized spacial score (nSPS) is 12.3. The summed E-state index contributed by atoms with van der Waals surface area (Å²) in [6.07, 6.45) is 0. The van der Waals surface area contributed by atoms with E-state index in [0.717, 1.165) is 12.1 Å². The monoisotopic (exact) mass is 214 g/mol. The second-order valence-corrected chi connectivity index (χ2v) is 3.14. The highest BCUT2D eigenvalue weighted by atomic mass is 19.1. The maximum atomic E-state index is 13.3. The Morgan fingerprint density at radius 3 is 2.67 bits per heavy atom. The highest BCUT2D eigenvalue weighted by Crippen LogP contribution is 2.20. The maximum Gasteiger partial charge on any atom is 0.313 e. The average Bonchev–Trinajstić information content (AvgIpc) is 2.17. The standard InChI is InChI=1S/C11H12F2O2/c1-3-15-11(14)7(2)9-5-4-8(12)6-10(9)13/h4-7H,3H2,1-2H3. The quantitative estimate of drug-likeness (QED) is 0.723. The lowest BCUT2D eigenvalue weighted by molar-refractivity contribution is -0.144. The maximum absolute atomic E-state index is 13.3. The lowest BCUT2D eigenvalue weighted by Crippen LogP contribution is -2.14. The second kappa shape index (κ2) is 4.87. The highest BCUT2D eigenvalue weighted by molar-refractivity contribution is 5.77. The molecule has 0 aliphatic rings. The molecule has 1 unspecified atom stereocenters. The van der Waals surface area contributed by atoms with E-state index in [1.54, 1.807) is 6.92 Å². The summed E-state index contributed by atoms with van der Waals surface area (Å²) in [5, 5.41) is 0. The fourth-order valence-corrected chi connectivity index (χ4v) is 1.25. The van der Waals surface area contributed by atoms with E-state index in [2.05, 4.69) is 0 Å². The van der Waals surface area contributed by atoms with Gasteiger partial charge in [0.15, 0.2) is 0 Å². The smallest absolute Gasteiger partial charge is 0.313 e. The third-order valence-corrected chi connectivity index (χ3v) is 2.07. The highest BCUT2D eigenvalue weighted by Gasteiger charge is 2.19. The van der Waals surface area contributed by atoms with Crippen molar-refractivity contribution >= 4 is 5.97 Å². The molecule has 1 aromatic rings. The van der Waals surface area contributed by atoms with Crippen molar-refractivity contribution in [3.8, 4) is 0 Å². The van der Waals surface area contributed by atoms with Crippen LogP contribution in [0, 0.1) is 11.6 Å². The van der Waals surface area contributed by atoms with Crippen LogP contribution in [-0.4, -0.2) is 12.6 Å². The summed E-state index contributed by atoms with van der Waals surface area (Å²) in [6.45, 7) is 3.44. The van der Waals surface area contributed by atoms with E-state index < -0.39 is 23.5 Å². The number of rotatable bonds is 3. The van der Waals surface area contributed by atoms with Crippen LogP contribution in [0.1, 0.15) is 25.3 Å². The minimum absolute atomic E-state index is 0.148. The number of carbonyl (C=O) groups excluding carboxylic acids is 1. The van der Waals surface area contributed by atoms with Gasteiger partial charge in [-0.05, 0) is 19.9 Å². The first-order valence-corrected chi connectivity index (χ1v) is 4.67. The minimum Gasteiger partial charge on any atom is -0.466 e. The van der Waals surface area contributed by atoms with Crippen LogP contribution in [0.15, 0.2) is 18.2 Å². The lowest BCUT2D eigenvalue weighted by atomic mass is 10.0. The molecule has 0 saturated heterocycles. The Hall–Kier alpha value is -1.45. The Kier molecular flexibility index (Phi) is 3.77. The molecule has 1 rings (SSSR count). The summed E-state index contributed by atoms with van der Waals surface area (Å²) in [6, 6.07) is 3.13. The molecule has 0 N–H and O–H groups in total. The van der Waals surface area contributed by atoms with E-state index in [4.69, 9.17) is 4.74 Å². The molecule has 0 aliphatic heterocycles. The lowest BCUT2D eigenvalue weighted by Gasteiger charge is -2.11. The molecule has 0 bridgehead atoms. The number of hydrogen-bond acceptors (Lipinski definition) is 2. The van der Waals surface area contributed by atoms with Crippen molar-refractivity contribution in [2.24, 2.45) is 0 Å². The fourth-order valence-electron chi connectivity index (χ4n) is 1.25. The second-order valence-electron chi connectivity index (χ2n) is 3.14. The summed E-state index contributed by atoms with van der Waals surface area (Å²) in [4.78, 5) is 11.3. The topological polar surface area (TPSA) is 26.3 Å². The van der Waals surface area contributed by atoms with Crippen LogP contribution in [-0.2, 0) is 9.53 Å². The van der Waals surface area contributed by atoms with Gasteiger partial charge < -0.3 is 4.74 Å². The third-order valence-electron chi connectivity index (χ3n) is 2.07. The zero-order chi connectivity index (χ0) is 11.4. The SMILES string of the molecule is CCOC(=O)C(C)c1ccc(F)cc1F.